The lowest BCUT2D eigenvalue weighted by molar-refractivity contribution is 0.0969. The van der Waals surface area contributed by atoms with E-state index in [-0.39, 0.29) is 5.78 Å². The molecule has 0 bridgehead atoms. The molecule has 0 radical (unpaired) electrons. The zero-order chi connectivity index (χ0) is 15.1. The first kappa shape index (κ1) is 16.7. The number of methoxy groups -OCH3 is 1. The van der Waals surface area contributed by atoms with Gasteiger partial charge in [-0.05, 0) is 56.3 Å². The zero-order valence-corrected chi connectivity index (χ0v) is 13.2. The van der Waals surface area contributed by atoms with Gasteiger partial charge in [-0.3, -0.25) is 4.79 Å². The van der Waals surface area contributed by atoms with Gasteiger partial charge in [-0.2, -0.15) is 0 Å². The van der Waals surface area contributed by atoms with E-state index < -0.39 is 0 Å². The second-order valence-electron chi connectivity index (χ2n) is 5.40. The Kier molecular flexibility index (Phi) is 6.73. The molecule has 0 aliphatic carbocycles. The fourth-order valence-corrected chi connectivity index (χ4v) is 2.53. The fourth-order valence-electron chi connectivity index (χ4n) is 2.53. The van der Waals surface area contributed by atoms with Gasteiger partial charge in [0.25, 0.3) is 0 Å². The number of ketones is 1. The number of hydrogen-bond donors (Lipinski definition) is 1. The lowest BCUT2D eigenvalue weighted by Crippen LogP contribution is -2.11. The molecule has 0 amide bonds. The SMILES string of the molecule is CCC(CCN)CCC(=O)c1ccc(C)c(C)c1OC. The van der Waals surface area contributed by atoms with E-state index in [0.717, 1.165) is 36.1 Å². The van der Waals surface area contributed by atoms with Crippen LogP contribution in [0.25, 0.3) is 0 Å². The second kappa shape index (κ2) is 8.05. The molecule has 1 atom stereocenters. The molecule has 0 aliphatic rings. The smallest absolute Gasteiger partial charge is 0.166 e. The number of hydrogen-bond acceptors (Lipinski definition) is 3. The molecule has 1 unspecified atom stereocenters. The molecule has 1 aromatic rings. The maximum Gasteiger partial charge on any atom is 0.166 e. The van der Waals surface area contributed by atoms with Crippen molar-refractivity contribution in [3.05, 3.63) is 28.8 Å². The summed E-state index contributed by atoms with van der Waals surface area (Å²) in [4.78, 5) is 12.4. The van der Waals surface area contributed by atoms with E-state index in [9.17, 15) is 4.79 Å². The van der Waals surface area contributed by atoms with Gasteiger partial charge < -0.3 is 10.5 Å². The van der Waals surface area contributed by atoms with Crippen molar-refractivity contribution in [1.82, 2.24) is 0 Å². The molecule has 112 valence electrons. The summed E-state index contributed by atoms with van der Waals surface area (Å²) in [6, 6.07) is 3.87. The van der Waals surface area contributed by atoms with Crippen molar-refractivity contribution in [3.63, 3.8) is 0 Å². The molecule has 2 N–H and O–H groups in total. The normalized spacial score (nSPS) is 12.2. The van der Waals surface area contributed by atoms with Gasteiger partial charge in [0.15, 0.2) is 5.78 Å². The van der Waals surface area contributed by atoms with Crippen LogP contribution < -0.4 is 10.5 Å². The van der Waals surface area contributed by atoms with Gasteiger partial charge >= 0.3 is 0 Å². The monoisotopic (exact) mass is 277 g/mol. The lowest BCUT2D eigenvalue weighted by Gasteiger charge is -2.15. The van der Waals surface area contributed by atoms with E-state index in [2.05, 4.69) is 6.92 Å². The minimum Gasteiger partial charge on any atom is -0.496 e. The highest BCUT2D eigenvalue weighted by atomic mass is 16.5. The second-order valence-corrected chi connectivity index (χ2v) is 5.40. The number of benzene rings is 1. The van der Waals surface area contributed by atoms with Crippen LogP contribution in [-0.2, 0) is 0 Å². The molecular formula is C17H27NO2. The molecule has 0 heterocycles. The van der Waals surface area contributed by atoms with Gasteiger partial charge in [-0.25, -0.2) is 0 Å². The molecule has 0 aliphatic heterocycles. The van der Waals surface area contributed by atoms with Crippen LogP contribution in [0.3, 0.4) is 0 Å². The Hall–Kier alpha value is -1.35. The molecule has 0 saturated carbocycles. The van der Waals surface area contributed by atoms with E-state index >= 15 is 0 Å². The lowest BCUT2D eigenvalue weighted by atomic mass is 9.92. The average molecular weight is 277 g/mol. The van der Waals surface area contributed by atoms with Crippen LogP contribution in [0.2, 0.25) is 0 Å². The maximum absolute atomic E-state index is 12.4. The van der Waals surface area contributed by atoms with Crippen LogP contribution in [0.4, 0.5) is 0 Å². The van der Waals surface area contributed by atoms with Crippen molar-refractivity contribution in [3.8, 4) is 5.75 Å². The summed E-state index contributed by atoms with van der Waals surface area (Å²) in [5, 5.41) is 0. The zero-order valence-electron chi connectivity index (χ0n) is 13.2. The van der Waals surface area contributed by atoms with Gasteiger partial charge in [0.1, 0.15) is 5.75 Å². The third-order valence-corrected chi connectivity index (χ3v) is 4.11. The molecule has 20 heavy (non-hydrogen) atoms. The average Bonchev–Trinajstić information content (AvgIpc) is 2.45. The number of rotatable bonds is 8. The summed E-state index contributed by atoms with van der Waals surface area (Å²) in [6.45, 7) is 6.87. The summed E-state index contributed by atoms with van der Waals surface area (Å²) in [5.74, 6) is 1.43. The van der Waals surface area contributed by atoms with E-state index in [1.807, 2.05) is 26.0 Å². The Balaban J connectivity index is 2.80. The largest absolute Gasteiger partial charge is 0.496 e. The van der Waals surface area contributed by atoms with Crippen molar-refractivity contribution >= 4 is 5.78 Å². The van der Waals surface area contributed by atoms with Crippen LogP contribution >= 0.6 is 0 Å². The predicted octanol–water partition coefficient (Wildman–Crippen LogP) is 3.65. The summed E-state index contributed by atoms with van der Waals surface area (Å²) in [6.07, 6.45) is 3.54. The van der Waals surface area contributed by atoms with Crippen LogP contribution in [0.5, 0.6) is 5.75 Å². The highest BCUT2D eigenvalue weighted by Crippen LogP contribution is 2.28. The number of nitrogens with two attached hydrogens (primary N) is 1. The van der Waals surface area contributed by atoms with Gasteiger partial charge in [0.2, 0.25) is 0 Å². The first-order chi connectivity index (χ1) is 9.54. The van der Waals surface area contributed by atoms with E-state index in [1.54, 1.807) is 7.11 Å². The van der Waals surface area contributed by atoms with Crippen molar-refractivity contribution < 1.29 is 9.53 Å². The van der Waals surface area contributed by atoms with Crippen LogP contribution in [0.15, 0.2) is 12.1 Å². The standard InChI is InChI=1S/C17H27NO2/c1-5-14(10-11-18)7-9-16(19)15-8-6-12(2)13(3)17(15)20-4/h6,8,14H,5,7,9-11,18H2,1-4H3. The van der Waals surface area contributed by atoms with Crippen LogP contribution in [0.1, 0.15) is 54.1 Å². The highest BCUT2D eigenvalue weighted by molar-refractivity contribution is 5.99. The van der Waals surface area contributed by atoms with Crippen molar-refractivity contribution in [1.29, 1.82) is 0 Å². The number of aryl methyl sites for hydroxylation is 1. The molecule has 3 nitrogen and oxygen atoms in total. The predicted molar refractivity (Wildman–Crippen MR) is 83.5 cm³/mol. The third kappa shape index (κ3) is 4.07. The van der Waals surface area contributed by atoms with E-state index in [0.29, 0.717) is 24.4 Å². The molecular weight excluding hydrogens is 250 g/mol. The van der Waals surface area contributed by atoms with Gasteiger partial charge in [0.05, 0.1) is 12.7 Å². The summed E-state index contributed by atoms with van der Waals surface area (Å²) in [5.41, 5.74) is 8.50. The van der Waals surface area contributed by atoms with E-state index in [1.165, 1.54) is 0 Å². The van der Waals surface area contributed by atoms with Gasteiger partial charge in [-0.1, -0.05) is 19.4 Å². The summed E-state index contributed by atoms with van der Waals surface area (Å²) in [7, 11) is 1.63. The van der Waals surface area contributed by atoms with Gasteiger partial charge in [-0.15, -0.1) is 0 Å². The molecule has 1 rings (SSSR count). The van der Waals surface area contributed by atoms with E-state index in [4.69, 9.17) is 10.5 Å². The Labute approximate surface area is 122 Å². The van der Waals surface area contributed by atoms with Crippen LogP contribution in [-0.4, -0.2) is 19.4 Å². The van der Waals surface area contributed by atoms with Crippen molar-refractivity contribution in [2.75, 3.05) is 13.7 Å². The molecule has 1 aromatic carbocycles. The topological polar surface area (TPSA) is 52.3 Å². The molecule has 0 spiro atoms. The maximum atomic E-state index is 12.4. The summed E-state index contributed by atoms with van der Waals surface area (Å²) < 4.78 is 5.42. The number of carbonyl (C=O) groups is 1. The Morgan fingerprint density at radius 3 is 2.55 bits per heavy atom. The number of Topliss-reactive ketones (excluding diaryl/α,β-unsaturated/α-hetero) is 1. The molecule has 3 heteroatoms. The summed E-state index contributed by atoms with van der Waals surface area (Å²) >= 11 is 0. The molecule has 0 aromatic heterocycles. The Morgan fingerprint density at radius 2 is 2.00 bits per heavy atom. The van der Waals surface area contributed by atoms with Gasteiger partial charge in [0, 0.05) is 6.42 Å². The van der Waals surface area contributed by atoms with Crippen molar-refractivity contribution in [2.24, 2.45) is 11.7 Å². The quantitative estimate of drug-likeness (QED) is 0.738. The van der Waals surface area contributed by atoms with Crippen molar-refractivity contribution in [2.45, 2.75) is 46.5 Å². The van der Waals surface area contributed by atoms with Crippen LogP contribution in [0, 0.1) is 19.8 Å². The first-order valence-electron chi connectivity index (χ1n) is 7.42. The minimum absolute atomic E-state index is 0.167. The molecule has 0 fully saturated rings. The number of carbonyl (C=O) groups excluding carboxylic acids is 1. The minimum atomic E-state index is 0.167. The molecule has 0 saturated heterocycles. The first-order valence-corrected chi connectivity index (χ1v) is 7.42. The Bertz CT molecular complexity index is 455. The highest BCUT2D eigenvalue weighted by Gasteiger charge is 2.16. The fraction of sp³-hybridized carbons (Fsp3) is 0.588. The number of ether oxygens (including phenoxy) is 1. The third-order valence-electron chi connectivity index (χ3n) is 4.11. The Morgan fingerprint density at radius 1 is 1.30 bits per heavy atom.